The normalized spacial score (nSPS) is 13.9. The molecule has 0 N–H and O–H groups in total. The van der Waals surface area contributed by atoms with Gasteiger partial charge < -0.3 is 14.4 Å². The van der Waals surface area contributed by atoms with E-state index in [9.17, 15) is 9.59 Å². The van der Waals surface area contributed by atoms with Crippen LogP contribution in [0.15, 0.2) is 35.8 Å². The van der Waals surface area contributed by atoms with Crippen LogP contribution in [-0.4, -0.2) is 44.8 Å². The summed E-state index contributed by atoms with van der Waals surface area (Å²) in [4.78, 5) is 30.0. The van der Waals surface area contributed by atoms with E-state index in [1.807, 2.05) is 66.2 Å². The second-order valence-corrected chi connectivity index (χ2v) is 7.82. The third-order valence-electron chi connectivity index (χ3n) is 4.61. The van der Waals surface area contributed by atoms with Gasteiger partial charge in [-0.3, -0.25) is 9.59 Å². The van der Waals surface area contributed by atoms with Crippen molar-refractivity contribution in [3.63, 3.8) is 0 Å². The van der Waals surface area contributed by atoms with Gasteiger partial charge in [-0.1, -0.05) is 6.07 Å². The second kappa shape index (κ2) is 7.44. The molecule has 25 heavy (non-hydrogen) atoms. The van der Waals surface area contributed by atoms with E-state index in [1.54, 1.807) is 4.90 Å². The molecule has 2 heterocycles. The van der Waals surface area contributed by atoms with E-state index >= 15 is 0 Å². The average molecular weight is 359 g/mol. The van der Waals surface area contributed by atoms with Gasteiger partial charge in [-0.2, -0.15) is 0 Å². The smallest absolute Gasteiger partial charge is 0.264 e. The van der Waals surface area contributed by atoms with Crippen LogP contribution < -0.4 is 0 Å². The zero-order valence-electron chi connectivity index (χ0n) is 15.0. The number of hydrogen-bond acceptors (Lipinski definition) is 3. The largest absolute Gasteiger partial charge is 0.353 e. The minimum absolute atomic E-state index is 0.0189. The van der Waals surface area contributed by atoms with Crippen LogP contribution in [0.1, 0.15) is 42.1 Å². The minimum atomic E-state index is -0.0621. The van der Waals surface area contributed by atoms with Crippen molar-refractivity contribution in [2.24, 2.45) is 7.05 Å². The number of rotatable bonds is 7. The number of hydrogen-bond donors (Lipinski definition) is 0. The van der Waals surface area contributed by atoms with Gasteiger partial charge in [0, 0.05) is 31.0 Å². The van der Waals surface area contributed by atoms with Gasteiger partial charge in [-0.15, -0.1) is 11.3 Å². The van der Waals surface area contributed by atoms with Crippen LogP contribution >= 0.6 is 11.3 Å². The molecule has 0 atom stereocenters. The van der Waals surface area contributed by atoms with Gasteiger partial charge in [0.1, 0.15) is 6.54 Å². The molecule has 0 aliphatic heterocycles. The van der Waals surface area contributed by atoms with Crippen LogP contribution in [0.3, 0.4) is 0 Å². The Morgan fingerprint density at radius 3 is 2.56 bits per heavy atom. The van der Waals surface area contributed by atoms with Crippen LogP contribution in [0.25, 0.3) is 0 Å². The molecule has 0 saturated heterocycles. The molecule has 1 fully saturated rings. The minimum Gasteiger partial charge on any atom is -0.353 e. The highest BCUT2D eigenvalue weighted by molar-refractivity contribution is 7.12. The van der Waals surface area contributed by atoms with E-state index in [-0.39, 0.29) is 24.4 Å². The Labute approximate surface area is 152 Å². The summed E-state index contributed by atoms with van der Waals surface area (Å²) in [7, 11) is 1.99. The number of carbonyl (C=O) groups is 2. The van der Waals surface area contributed by atoms with E-state index in [1.165, 1.54) is 11.3 Å². The molecule has 134 valence electrons. The molecule has 1 aliphatic rings. The van der Waals surface area contributed by atoms with Crippen molar-refractivity contribution in [2.45, 2.75) is 45.3 Å². The molecule has 6 heteroatoms. The Morgan fingerprint density at radius 1 is 1.28 bits per heavy atom. The number of aryl methyl sites for hydroxylation is 1. The topological polar surface area (TPSA) is 45.6 Å². The van der Waals surface area contributed by atoms with Crippen molar-refractivity contribution in [3.8, 4) is 0 Å². The summed E-state index contributed by atoms with van der Waals surface area (Å²) < 4.78 is 2.04. The summed E-state index contributed by atoms with van der Waals surface area (Å²) in [5.74, 6) is -0.0322. The molecule has 0 unspecified atom stereocenters. The van der Waals surface area contributed by atoms with Gasteiger partial charge in [0.25, 0.3) is 5.91 Å². The highest BCUT2D eigenvalue weighted by Crippen LogP contribution is 2.29. The highest BCUT2D eigenvalue weighted by atomic mass is 32.1. The van der Waals surface area contributed by atoms with Crippen LogP contribution in [-0.2, 0) is 18.4 Å². The van der Waals surface area contributed by atoms with Crippen molar-refractivity contribution in [1.29, 1.82) is 0 Å². The summed E-state index contributed by atoms with van der Waals surface area (Å²) in [6.07, 6.45) is 4.10. The van der Waals surface area contributed by atoms with Gasteiger partial charge in [0.2, 0.25) is 5.91 Å². The molecule has 0 spiro atoms. The molecular formula is C19H25N3O2S. The maximum atomic E-state index is 13.0. The summed E-state index contributed by atoms with van der Waals surface area (Å²) in [5.41, 5.74) is 1.11. The molecule has 3 rings (SSSR count). The van der Waals surface area contributed by atoms with Crippen molar-refractivity contribution >= 4 is 23.2 Å². The number of aromatic nitrogens is 1. The zero-order chi connectivity index (χ0) is 18.0. The molecule has 0 aromatic carbocycles. The van der Waals surface area contributed by atoms with Crippen molar-refractivity contribution < 1.29 is 9.59 Å². The Morgan fingerprint density at radius 2 is 2.04 bits per heavy atom. The standard InChI is InChI=1S/C19H25N3O2S/c1-14(2)21(19(24)17-7-5-11-25-17)13-18(23)22(15-8-9-15)12-16-6-4-10-20(16)3/h4-7,10-11,14-15H,8-9,12-13H2,1-3H3. The lowest BCUT2D eigenvalue weighted by Gasteiger charge is -2.30. The Balaban J connectivity index is 1.72. The van der Waals surface area contributed by atoms with Gasteiger partial charge in [-0.05, 0) is 50.3 Å². The van der Waals surface area contributed by atoms with E-state index in [0.29, 0.717) is 17.5 Å². The van der Waals surface area contributed by atoms with Crippen LogP contribution in [0.5, 0.6) is 0 Å². The zero-order valence-corrected chi connectivity index (χ0v) is 15.8. The lowest BCUT2D eigenvalue weighted by atomic mass is 10.2. The van der Waals surface area contributed by atoms with Gasteiger partial charge in [0.05, 0.1) is 11.4 Å². The fourth-order valence-electron chi connectivity index (χ4n) is 2.91. The predicted octanol–water partition coefficient (Wildman–Crippen LogP) is 3.13. The van der Waals surface area contributed by atoms with E-state index in [4.69, 9.17) is 0 Å². The fraction of sp³-hybridized carbons (Fsp3) is 0.474. The first-order chi connectivity index (χ1) is 12.0. The molecule has 1 saturated carbocycles. The first-order valence-corrected chi connectivity index (χ1v) is 9.59. The van der Waals surface area contributed by atoms with Crippen LogP contribution in [0.2, 0.25) is 0 Å². The maximum absolute atomic E-state index is 13.0. The second-order valence-electron chi connectivity index (χ2n) is 6.87. The Hall–Kier alpha value is -2.08. The maximum Gasteiger partial charge on any atom is 0.264 e. The Kier molecular flexibility index (Phi) is 5.27. The third kappa shape index (κ3) is 4.12. The lowest BCUT2D eigenvalue weighted by Crippen LogP contribution is -2.46. The first-order valence-electron chi connectivity index (χ1n) is 8.71. The molecule has 5 nitrogen and oxygen atoms in total. The molecule has 0 radical (unpaired) electrons. The predicted molar refractivity (Wildman–Crippen MR) is 99.5 cm³/mol. The summed E-state index contributed by atoms with van der Waals surface area (Å²) in [5, 5.41) is 1.89. The number of carbonyl (C=O) groups excluding carboxylic acids is 2. The molecule has 1 aliphatic carbocycles. The summed E-state index contributed by atoms with van der Waals surface area (Å²) in [6.45, 7) is 4.65. The molecule has 2 aromatic rings. The molecular weight excluding hydrogens is 334 g/mol. The van der Waals surface area contributed by atoms with Crippen molar-refractivity contribution in [1.82, 2.24) is 14.4 Å². The summed E-state index contributed by atoms with van der Waals surface area (Å²) >= 11 is 1.42. The van der Waals surface area contributed by atoms with Crippen molar-refractivity contribution in [3.05, 3.63) is 46.4 Å². The molecule has 0 bridgehead atoms. The van der Waals surface area contributed by atoms with Crippen LogP contribution in [0.4, 0.5) is 0 Å². The third-order valence-corrected chi connectivity index (χ3v) is 5.47. The number of thiophene rings is 1. The van der Waals surface area contributed by atoms with E-state index in [2.05, 4.69) is 0 Å². The SMILES string of the molecule is CC(C)N(CC(=O)N(Cc1cccn1C)C1CC1)C(=O)c1cccs1. The monoisotopic (exact) mass is 359 g/mol. The van der Waals surface area contributed by atoms with Crippen LogP contribution in [0, 0.1) is 0 Å². The number of nitrogens with zero attached hydrogens (tertiary/aromatic N) is 3. The van der Waals surface area contributed by atoms with Crippen molar-refractivity contribution in [2.75, 3.05) is 6.54 Å². The lowest BCUT2D eigenvalue weighted by molar-refractivity contribution is -0.133. The van der Waals surface area contributed by atoms with Gasteiger partial charge in [0.15, 0.2) is 0 Å². The fourth-order valence-corrected chi connectivity index (χ4v) is 3.59. The van der Waals surface area contributed by atoms with Gasteiger partial charge in [-0.25, -0.2) is 0 Å². The summed E-state index contributed by atoms with van der Waals surface area (Å²) in [6, 6.07) is 8.01. The molecule has 2 amide bonds. The molecule has 2 aromatic heterocycles. The highest BCUT2D eigenvalue weighted by Gasteiger charge is 2.34. The number of amides is 2. The van der Waals surface area contributed by atoms with Gasteiger partial charge >= 0.3 is 0 Å². The average Bonchev–Trinajstić information content (AvgIpc) is 3.10. The van der Waals surface area contributed by atoms with E-state index < -0.39 is 0 Å². The Bertz CT molecular complexity index is 732. The quantitative estimate of drug-likeness (QED) is 0.762. The first kappa shape index (κ1) is 17.7. The van der Waals surface area contributed by atoms with E-state index in [0.717, 1.165) is 18.5 Å².